The van der Waals surface area contributed by atoms with E-state index in [1.165, 1.54) is 5.69 Å². The fourth-order valence-corrected chi connectivity index (χ4v) is 1.79. The van der Waals surface area contributed by atoms with Gasteiger partial charge in [0.1, 0.15) is 5.65 Å². The summed E-state index contributed by atoms with van der Waals surface area (Å²) in [4.78, 5) is 4.54. The topological polar surface area (TPSA) is 29.3 Å². The van der Waals surface area contributed by atoms with E-state index in [1.807, 2.05) is 18.2 Å². The molecule has 3 heteroatoms. The van der Waals surface area contributed by atoms with Crippen LogP contribution in [0.25, 0.3) is 5.65 Å². The monoisotopic (exact) mass is 217 g/mol. The normalized spacial score (nSPS) is 13.2. The Morgan fingerprint density at radius 2 is 2.25 bits per heavy atom. The van der Waals surface area contributed by atoms with Crippen LogP contribution in [0, 0.1) is 6.92 Å². The van der Waals surface area contributed by atoms with Crippen molar-refractivity contribution in [2.75, 3.05) is 0 Å². The van der Waals surface area contributed by atoms with E-state index in [2.05, 4.69) is 41.7 Å². The highest BCUT2D eigenvalue weighted by Crippen LogP contribution is 2.11. The van der Waals surface area contributed by atoms with Gasteiger partial charge in [-0.2, -0.15) is 0 Å². The average molecular weight is 217 g/mol. The van der Waals surface area contributed by atoms with Crippen LogP contribution in [0.1, 0.15) is 31.7 Å². The van der Waals surface area contributed by atoms with Crippen molar-refractivity contribution in [2.24, 2.45) is 0 Å². The fourth-order valence-electron chi connectivity index (χ4n) is 1.79. The van der Waals surface area contributed by atoms with Gasteiger partial charge in [0.15, 0.2) is 0 Å². The molecule has 0 spiro atoms. The predicted molar refractivity (Wildman–Crippen MR) is 66.5 cm³/mol. The number of hydrogen-bond acceptors (Lipinski definition) is 2. The highest BCUT2D eigenvalue weighted by molar-refractivity contribution is 5.42. The van der Waals surface area contributed by atoms with Gasteiger partial charge in [-0.15, -0.1) is 0 Å². The van der Waals surface area contributed by atoms with Gasteiger partial charge in [-0.1, -0.05) is 13.0 Å². The number of hydrogen-bond donors (Lipinski definition) is 1. The minimum Gasteiger partial charge on any atom is -0.309 e. The maximum Gasteiger partial charge on any atom is 0.137 e. The summed E-state index contributed by atoms with van der Waals surface area (Å²) in [7, 11) is 0. The van der Waals surface area contributed by atoms with E-state index in [1.54, 1.807) is 0 Å². The summed E-state index contributed by atoms with van der Waals surface area (Å²) < 4.78 is 2.16. The molecule has 1 unspecified atom stereocenters. The van der Waals surface area contributed by atoms with Crippen molar-refractivity contribution >= 4 is 5.65 Å². The highest BCUT2D eigenvalue weighted by atomic mass is 15.0. The largest absolute Gasteiger partial charge is 0.309 e. The summed E-state index contributed by atoms with van der Waals surface area (Å²) in [6.07, 6.45) is 3.22. The molecule has 2 aromatic heterocycles. The zero-order valence-electron chi connectivity index (χ0n) is 10.2. The van der Waals surface area contributed by atoms with E-state index >= 15 is 0 Å². The molecule has 2 aromatic rings. The van der Waals surface area contributed by atoms with Crippen molar-refractivity contribution in [2.45, 2.75) is 39.8 Å². The predicted octanol–water partition coefficient (Wildman–Crippen LogP) is 2.53. The van der Waals surface area contributed by atoms with Crippen LogP contribution >= 0.6 is 0 Å². The summed E-state index contributed by atoms with van der Waals surface area (Å²) >= 11 is 0. The summed E-state index contributed by atoms with van der Waals surface area (Å²) in [6.45, 7) is 7.35. The summed E-state index contributed by atoms with van der Waals surface area (Å²) in [5, 5.41) is 3.51. The summed E-state index contributed by atoms with van der Waals surface area (Å²) in [6, 6.07) is 6.66. The first kappa shape index (κ1) is 11.1. The van der Waals surface area contributed by atoms with E-state index in [0.717, 1.165) is 24.3 Å². The van der Waals surface area contributed by atoms with E-state index in [-0.39, 0.29) is 0 Å². The molecular formula is C13H19N3. The third kappa shape index (κ3) is 2.09. The Balaban J connectivity index is 2.26. The van der Waals surface area contributed by atoms with Gasteiger partial charge in [-0.25, -0.2) is 4.98 Å². The van der Waals surface area contributed by atoms with Crippen LogP contribution in [0.2, 0.25) is 0 Å². The number of fused-ring (bicyclic) bond motifs is 1. The molecule has 3 nitrogen and oxygen atoms in total. The first-order valence-corrected chi connectivity index (χ1v) is 5.88. The molecule has 0 saturated carbocycles. The Morgan fingerprint density at radius 3 is 3.00 bits per heavy atom. The van der Waals surface area contributed by atoms with Gasteiger partial charge >= 0.3 is 0 Å². The van der Waals surface area contributed by atoms with Gasteiger partial charge in [0.05, 0.1) is 11.4 Å². The molecule has 1 N–H and O–H groups in total. The molecule has 86 valence electrons. The Hall–Kier alpha value is -1.35. The second kappa shape index (κ2) is 4.66. The van der Waals surface area contributed by atoms with E-state index < -0.39 is 0 Å². The first-order chi connectivity index (χ1) is 7.72. The molecule has 0 amide bonds. The number of nitrogens with one attached hydrogen (secondary N) is 1. The first-order valence-electron chi connectivity index (χ1n) is 5.88. The van der Waals surface area contributed by atoms with Gasteiger partial charge in [-0.05, 0) is 32.4 Å². The lowest BCUT2D eigenvalue weighted by Crippen LogP contribution is -2.25. The lowest BCUT2D eigenvalue weighted by Gasteiger charge is -2.11. The second-order valence-electron chi connectivity index (χ2n) is 4.26. The van der Waals surface area contributed by atoms with Gasteiger partial charge < -0.3 is 9.72 Å². The molecule has 0 aromatic carbocycles. The Labute approximate surface area is 96.5 Å². The van der Waals surface area contributed by atoms with Crippen molar-refractivity contribution in [3.05, 3.63) is 35.8 Å². The second-order valence-corrected chi connectivity index (χ2v) is 4.26. The molecule has 0 fully saturated rings. The lowest BCUT2D eigenvalue weighted by atomic mass is 10.2. The standard InChI is InChI=1S/C13H19N3/c1-4-10(2)14-9-12-11(3)15-13-7-5-6-8-16(12)13/h5-8,10,14H,4,9H2,1-3H3. The Kier molecular flexibility index (Phi) is 3.25. The Bertz CT molecular complexity index is 473. The number of aryl methyl sites for hydroxylation is 1. The SMILES string of the molecule is CCC(C)NCc1c(C)nc2ccccn12. The van der Waals surface area contributed by atoms with Crippen LogP contribution < -0.4 is 5.32 Å². The number of imidazole rings is 1. The minimum absolute atomic E-state index is 0.550. The molecule has 1 atom stereocenters. The molecule has 0 bridgehead atoms. The molecule has 2 heterocycles. The fraction of sp³-hybridized carbons (Fsp3) is 0.462. The molecule has 0 saturated heterocycles. The van der Waals surface area contributed by atoms with Crippen molar-refractivity contribution in [1.82, 2.24) is 14.7 Å². The smallest absolute Gasteiger partial charge is 0.137 e. The van der Waals surface area contributed by atoms with Crippen LogP contribution in [0.5, 0.6) is 0 Å². The molecular weight excluding hydrogens is 198 g/mol. The Morgan fingerprint density at radius 1 is 1.44 bits per heavy atom. The molecule has 0 aliphatic rings. The van der Waals surface area contributed by atoms with Crippen molar-refractivity contribution in [3.8, 4) is 0 Å². The lowest BCUT2D eigenvalue weighted by molar-refractivity contribution is 0.526. The number of nitrogens with zero attached hydrogens (tertiary/aromatic N) is 2. The van der Waals surface area contributed by atoms with Crippen LogP contribution in [0.4, 0.5) is 0 Å². The van der Waals surface area contributed by atoms with E-state index in [0.29, 0.717) is 6.04 Å². The van der Waals surface area contributed by atoms with Gasteiger partial charge in [0, 0.05) is 18.8 Å². The average Bonchev–Trinajstić information content (AvgIpc) is 2.62. The maximum absolute atomic E-state index is 4.54. The zero-order valence-corrected chi connectivity index (χ0v) is 10.2. The van der Waals surface area contributed by atoms with Crippen LogP contribution in [-0.2, 0) is 6.54 Å². The molecule has 0 radical (unpaired) electrons. The number of pyridine rings is 1. The molecule has 2 rings (SSSR count). The van der Waals surface area contributed by atoms with Crippen molar-refractivity contribution in [3.63, 3.8) is 0 Å². The molecule has 0 aliphatic carbocycles. The zero-order chi connectivity index (χ0) is 11.5. The number of aromatic nitrogens is 2. The molecule has 0 aliphatic heterocycles. The van der Waals surface area contributed by atoms with Gasteiger partial charge in [0.2, 0.25) is 0 Å². The molecule has 16 heavy (non-hydrogen) atoms. The quantitative estimate of drug-likeness (QED) is 0.852. The van der Waals surface area contributed by atoms with Gasteiger partial charge in [0.25, 0.3) is 0 Å². The van der Waals surface area contributed by atoms with Crippen LogP contribution in [-0.4, -0.2) is 15.4 Å². The van der Waals surface area contributed by atoms with Crippen molar-refractivity contribution < 1.29 is 0 Å². The van der Waals surface area contributed by atoms with E-state index in [9.17, 15) is 0 Å². The van der Waals surface area contributed by atoms with Gasteiger partial charge in [-0.3, -0.25) is 0 Å². The summed E-state index contributed by atoms with van der Waals surface area (Å²) in [5.41, 5.74) is 3.40. The maximum atomic E-state index is 4.54. The van der Waals surface area contributed by atoms with E-state index in [4.69, 9.17) is 0 Å². The van der Waals surface area contributed by atoms with Crippen molar-refractivity contribution in [1.29, 1.82) is 0 Å². The highest BCUT2D eigenvalue weighted by Gasteiger charge is 2.08. The third-order valence-electron chi connectivity index (χ3n) is 3.06. The third-order valence-corrected chi connectivity index (χ3v) is 3.06. The van der Waals surface area contributed by atoms with Crippen LogP contribution in [0.15, 0.2) is 24.4 Å². The minimum atomic E-state index is 0.550. The summed E-state index contributed by atoms with van der Waals surface area (Å²) in [5.74, 6) is 0. The number of rotatable bonds is 4. The van der Waals surface area contributed by atoms with Crippen LogP contribution in [0.3, 0.4) is 0 Å².